The minimum absolute atomic E-state index is 0.0360. The molecular weight excluding hydrogens is 378 g/mol. The van der Waals surface area contributed by atoms with Crippen molar-refractivity contribution in [3.63, 3.8) is 0 Å². The van der Waals surface area contributed by atoms with Crippen molar-refractivity contribution in [2.24, 2.45) is 11.8 Å². The average Bonchev–Trinajstić information content (AvgIpc) is 3.29. The van der Waals surface area contributed by atoms with Crippen LogP contribution in [0.3, 0.4) is 0 Å². The fraction of sp³-hybridized carbons (Fsp3) is 0.333. The highest BCUT2D eigenvalue weighted by Gasteiger charge is 2.28. The van der Waals surface area contributed by atoms with Gasteiger partial charge >= 0.3 is 0 Å². The minimum Gasteiger partial charge on any atom is -0.349 e. The number of imidazole rings is 1. The number of carbonyl (C=O) groups is 1. The molecule has 0 bridgehead atoms. The molecule has 2 aromatic heterocycles. The summed E-state index contributed by atoms with van der Waals surface area (Å²) in [6.45, 7) is 4.55. The van der Waals surface area contributed by atoms with Gasteiger partial charge in [0.25, 0.3) is 5.91 Å². The number of rotatable bonds is 3. The molecule has 148 valence electrons. The van der Waals surface area contributed by atoms with Crippen LogP contribution in [0.5, 0.6) is 0 Å². The summed E-state index contributed by atoms with van der Waals surface area (Å²) in [5.41, 5.74) is 3.91. The van der Waals surface area contributed by atoms with Crippen LogP contribution in [-0.2, 0) is 0 Å². The second kappa shape index (κ2) is 7.30. The van der Waals surface area contributed by atoms with Gasteiger partial charge in [0.05, 0.1) is 15.9 Å². The quantitative estimate of drug-likeness (QED) is 0.472. The lowest BCUT2D eigenvalue weighted by molar-refractivity contribution is 0.0891. The van der Waals surface area contributed by atoms with Crippen molar-refractivity contribution < 1.29 is 4.79 Å². The number of nitrogens with one attached hydrogen (secondary N) is 1. The number of carbonyl (C=O) groups excluding carboxylic acids is 1. The fourth-order valence-corrected chi connectivity index (χ4v) is 5.47. The van der Waals surface area contributed by atoms with E-state index in [9.17, 15) is 4.79 Å². The second-order valence-corrected chi connectivity index (χ2v) is 9.29. The number of nitrogens with zero attached hydrogens (tertiary/aromatic N) is 2. The van der Waals surface area contributed by atoms with Gasteiger partial charge in [-0.05, 0) is 36.5 Å². The van der Waals surface area contributed by atoms with E-state index in [-0.39, 0.29) is 11.9 Å². The Morgan fingerprint density at radius 1 is 1.14 bits per heavy atom. The normalized spacial score (nSPS) is 22.2. The summed E-state index contributed by atoms with van der Waals surface area (Å²) in [6, 6.07) is 16.5. The number of benzene rings is 2. The highest BCUT2D eigenvalue weighted by Crippen LogP contribution is 2.31. The highest BCUT2D eigenvalue weighted by molar-refractivity contribution is 7.23. The molecule has 1 aliphatic rings. The summed E-state index contributed by atoms with van der Waals surface area (Å²) in [6.07, 6.45) is 5.61. The van der Waals surface area contributed by atoms with Crippen LogP contribution in [-0.4, -0.2) is 21.3 Å². The van der Waals surface area contributed by atoms with Crippen LogP contribution in [0.1, 0.15) is 43.5 Å². The van der Waals surface area contributed by atoms with E-state index in [1.165, 1.54) is 12.8 Å². The maximum Gasteiger partial charge on any atom is 0.251 e. The van der Waals surface area contributed by atoms with Gasteiger partial charge in [0, 0.05) is 23.4 Å². The van der Waals surface area contributed by atoms with Gasteiger partial charge in [0.2, 0.25) is 0 Å². The van der Waals surface area contributed by atoms with Crippen molar-refractivity contribution in [3.05, 3.63) is 60.3 Å². The third kappa shape index (κ3) is 3.33. The highest BCUT2D eigenvalue weighted by atomic mass is 32.1. The number of amides is 1. The molecule has 1 N–H and O–H groups in total. The fourth-order valence-electron chi connectivity index (χ4n) is 4.43. The van der Waals surface area contributed by atoms with Crippen molar-refractivity contribution in [3.8, 4) is 11.3 Å². The predicted octanol–water partition coefficient (Wildman–Crippen LogP) is 5.77. The molecule has 0 radical (unpaired) electrons. The Morgan fingerprint density at radius 3 is 2.79 bits per heavy atom. The molecule has 1 aliphatic carbocycles. The predicted molar refractivity (Wildman–Crippen MR) is 119 cm³/mol. The Kier molecular flexibility index (Phi) is 4.63. The van der Waals surface area contributed by atoms with Crippen LogP contribution < -0.4 is 5.32 Å². The van der Waals surface area contributed by atoms with Crippen molar-refractivity contribution in [2.75, 3.05) is 0 Å². The molecule has 3 unspecified atom stereocenters. The summed E-state index contributed by atoms with van der Waals surface area (Å²) in [7, 11) is 0. The van der Waals surface area contributed by atoms with E-state index in [4.69, 9.17) is 4.98 Å². The minimum atomic E-state index is 0.0360. The van der Waals surface area contributed by atoms with Gasteiger partial charge in [-0.15, -0.1) is 0 Å². The summed E-state index contributed by atoms with van der Waals surface area (Å²) < 4.78 is 3.21. The maximum absolute atomic E-state index is 12.9. The first-order valence-electron chi connectivity index (χ1n) is 10.4. The van der Waals surface area contributed by atoms with Crippen LogP contribution in [0.25, 0.3) is 26.4 Å². The van der Waals surface area contributed by atoms with Gasteiger partial charge in [-0.3, -0.25) is 9.20 Å². The van der Waals surface area contributed by atoms with E-state index in [0.717, 1.165) is 38.4 Å². The van der Waals surface area contributed by atoms with Gasteiger partial charge in [0.15, 0.2) is 4.96 Å². The van der Waals surface area contributed by atoms with Crippen LogP contribution in [0.15, 0.2) is 54.7 Å². The molecule has 4 aromatic rings. The van der Waals surface area contributed by atoms with Crippen LogP contribution >= 0.6 is 11.3 Å². The third-order valence-corrected chi connectivity index (χ3v) is 7.47. The molecule has 2 heterocycles. The monoisotopic (exact) mass is 403 g/mol. The SMILES string of the molecule is CC1CCCC(NC(=O)c2ccc3c(c2)sc2nc(-c4ccccc4)cn23)C1C. The summed E-state index contributed by atoms with van der Waals surface area (Å²) >= 11 is 1.63. The van der Waals surface area contributed by atoms with E-state index in [1.54, 1.807) is 11.3 Å². The van der Waals surface area contributed by atoms with Crippen molar-refractivity contribution in [2.45, 2.75) is 39.2 Å². The third-order valence-electron chi connectivity index (χ3n) is 6.45. The molecule has 0 aliphatic heterocycles. The lowest BCUT2D eigenvalue weighted by atomic mass is 9.78. The van der Waals surface area contributed by atoms with Crippen LogP contribution in [0.4, 0.5) is 0 Å². The zero-order valence-corrected chi connectivity index (χ0v) is 17.6. The van der Waals surface area contributed by atoms with E-state index in [2.05, 4.69) is 41.9 Å². The maximum atomic E-state index is 12.9. The van der Waals surface area contributed by atoms with Crippen LogP contribution in [0, 0.1) is 11.8 Å². The lowest BCUT2D eigenvalue weighted by Gasteiger charge is -2.34. The summed E-state index contributed by atoms with van der Waals surface area (Å²) in [5.74, 6) is 1.23. The van der Waals surface area contributed by atoms with Gasteiger partial charge < -0.3 is 5.32 Å². The summed E-state index contributed by atoms with van der Waals surface area (Å²) in [5, 5.41) is 3.28. The first-order chi connectivity index (χ1) is 14.1. The first kappa shape index (κ1) is 18.4. The van der Waals surface area contributed by atoms with Crippen molar-refractivity contribution in [1.82, 2.24) is 14.7 Å². The number of aromatic nitrogens is 2. The van der Waals surface area contributed by atoms with Gasteiger partial charge in [0.1, 0.15) is 0 Å². The van der Waals surface area contributed by atoms with Gasteiger partial charge in [-0.1, -0.05) is 68.4 Å². The number of hydrogen-bond donors (Lipinski definition) is 1. The first-order valence-corrected chi connectivity index (χ1v) is 11.2. The molecular formula is C24H25N3OS. The molecule has 5 heteroatoms. The van der Waals surface area contributed by atoms with Crippen molar-refractivity contribution >= 4 is 32.4 Å². The van der Waals surface area contributed by atoms with E-state index in [0.29, 0.717) is 11.8 Å². The Bertz CT molecular complexity index is 1180. The lowest BCUT2D eigenvalue weighted by Crippen LogP contribution is -2.43. The van der Waals surface area contributed by atoms with E-state index in [1.807, 2.05) is 36.4 Å². The van der Waals surface area contributed by atoms with E-state index >= 15 is 0 Å². The standard InChI is InChI=1S/C24H25N3OS/c1-15-7-6-10-19(16(15)2)25-23(28)18-11-12-21-22(13-18)29-24-26-20(14-27(21)24)17-8-4-3-5-9-17/h3-5,8-9,11-16,19H,6-7,10H2,1-2H3,(H,25,28). The van der Waals surface area contributed by atoms with Gasteiger partial charge in [-0.25, -0.2) is 4.98 Å². The Morgan fingerprint density at radius 2 is 1.97 bits per heavy atom. The van der Waals surface area contributed by atoms with Crippen molar-refractivity contribution in [1.29, 1.82) is 0 Å². The Labute approximate surface area is 174 Å². The molecule has 1 fully saturated rings. The zero-order valence-electron chi connectivity index (χ0n) is 16.8. The molecule has 5 rings (SSSR count). The zero-order chi connectivity index (χ0) is 20.0. The van der Waals surface area contributed by atoms with Crippen LogP contribution in [0.2, 0.25) is 0 Å². The smallest absolute Gasteiger partial charge is 0.251 e. The molecule has 0 saturated heterocycles. The molecule has 2 aromatic carbocycles. The summed E-state index contributed by atoms with van der Waals surface area (Å²) in [4.78, 5) is 18.6. The molecule has 1 amide bonds. The molecule has 4 nitrogen and oxygen atoms in total. The Hall–Kier alpha value is -2.66. The molecule has 1 saturated carbocycles. The number of thiazole rings is 1. The molecule has 29 heavy (non-hydrogen) atoms. The topological polar surface area (TPSA) is 46.4 Å². The molecule has 0 spiro atoms. The number of fused-ring (bicyclic) bond motifs is 3. The van der Waals surface area contributed by atoms with Gasteiger partial charge in [-0.2, -0.15) is 0 Å². The second-order valence-electron chi connectivity index (χ2n) is 8.28. The largest absolute Gasteiger partial charge is 0.349 e. The number of hydrogen-bond acceptors (Lipinski definition) is 3. The Balaban J connectivity index is 1.42. The average molecular weight is 404 g/mol. The molecule has 3 atom stereocenters. The van der Waals surface area contributed by atoms with E-state index < -0.39 is 0 Å².